The second kappa shape index (κ2) is 6.72. The number of hydrogen-bond donors (Lipinski definition) is 1. The Kier molecular flexibility index (Phi) is 4.68. The highest BCUT2D eigenvalue weighted by Crippen LogP contribution is 2.33. The summed E-state index contributed by atoms with van der Waals surface area (Å²) >= 11 is 0. The second-order valence-corrected chi connectivity index (χ2v) is 6.03. The van der Waals surface area contributed by atoms with E-state index in [9.17, 15) is 4.79 Å². The minimum atomic E-state index is -0.271. The van der Waals surface area contributed by atoms with E-state index in [-0.39, 0.29) is 5.97 Å². The topological polar surface area (TPSA) is 60.5 Å². The number of esters is 1. The predicted molar refractivity (Wildman–Crippen MR) is 91.6 cm³/mol. The van der Waals surface area contributed by atoms with Crippen molar-refractivity contribution in [2.24, 2.45) is 5.73 Å². The number of methoxy groups -OCH3 is 1. The first-order chi connectivity index (χ1) is 11.2. The Balaban J connectivity index is 2.22. The molecule has 0 saturated carbocycles. The van der Waals surface area contributed by atoms with Gasteiger partial charge in [0.2, 0.25) is 0 Å². The Morgan fingerprint density at radius 1 is 1.39 bits per heavy atom. The highest BCUT2D eigenvalue weighted by Gasteiger charge is 2.25. The van der Waals surface area contributed by atoms with Gasteiger partial charge in [0.25, 0.3) is 0 Å². The first kappa shape index (κ1) is 16.0. The van der Waals surface area contributed by atoms with E-state index >= 15 is 0 Å². The third-order valence-electron chi connectivity index (χ3n) is 4.79. The number of aromatic nitrogens is 1. The first-order valence-electron chi connectivity index (χ1n) is 8.35. The molecule has 23 heavy (non-hydrogen) atoms. The molecule has 1 aliphatic rings. The van der Waals surface area contributed by atoms with Crippen molar-refractivity contribution in [3.63, 3.8) is 0 Å². The molecule has 3 rings (SSSR count). The standard InChI is InChI=1S/C18H25N3O2/c1-3-20-11-8-16-15(12-20)13-6-4-7-14(18(22)23-2)17(13)21(16)10-5-9-19/h4,6-7H,3,5,8-12,19H2,1-2H3. The van der Waals surface area contributed by atoms with Gasteiger partial charge in [0.15, 0.2) is 0 Å². The van der Waals surface area contributed by atoms with Gasteiger partial charge in [-0.3, -0.25) is 4.90 Å². The number of nitrogens with zero attached hydrogens (tertiary/aromatic N) is 2. The van der Waals surface area contributed by atoms with Gasteiger partial charge in [0.1, 0.15) is 0 Å². The largest absolute Gasteiger partial charge is 0.465 e. The van der Waals surface area contributed by atoms with E-state index < -0.39 is 0 Å². The van der Waals surface area contributed by atoms with Crippen molar-refractivity contribution in [3.8, 4) is 0 Å². The van der Waals surface area contributed by atoms with Crippen LogP contribution < -0.4 is 5.73 Å². The molecule has 2 aromatic rings. The molecular weight excluding hydrogens is 290 g/mol. The SMILES string of the molecule is CCN1CCc2c(c3cccc(C(=O)OC)c3n2CCCN)C1. The van der Waals surface area contributed by atoms with E-state index in [1.165, 1.54) is 23.8 Å². The summed E-state index contributed by atoms with van der Waals surface area (Å²) in [4.78, 5) is 14.7. The predicted octanol–water partition coefficient (Wildman–Crippen LogP) is 2.15. The van der Waals surface area contributed by atoms with Crippen molar-refractivity contribution >= 4 is 16.9 Å². The molecule has 1 aliphatic heterocycles. The second-order valence-electron chi connectivity index (χ2n) is 6.03. The lowest BCUT2D eigenvalue weighted by Gasteiger charge is -2.26. The van der Waals surface area contributed by atoms with Crippen molar-refractivity contribution in [3.05, 3.63) is 35.0 Å². The average Bonchev–Trinajstić information content (AvgIpc) is 2.92. The van der Waals surface area contributed by atoms with Gasteiger partial charge < -0.3 is 15.0 Å². The molecule has 124 valence electrons. The molecule has 0 saturated heterocycles. The number of fused-ring (bicyclic) bond motifs is 3. The van der Waals surface area contributed by atoms with E-state index in [1.807, 2.05) is 12.1 Å². The quantitative estimate of drug-likeness (QED) is 0.859. The lowest BCUT2D eigenvalue weighted by Crippen LogP contribution is -2.30. The van der Waals surface area contributed by atoms with Gasteiger partial charge in [-0.15, -0.1) is 0 Å². The van der Waals surface area contributed by atoms with Gasteiger partial charge in [0, 0.05) is 37.1 Å². The molecule has 1 aromatic carbocycles. The zero-order valence-corrected chi connectivity index (χ0v) is 14.0. The van der Waals surface area contributed by atoms with Crippen molar-refractivity contribution in [2.75, 3.05) is 26.7 Å². The van der Waals surface area contributed by atoms with Crippen LogP contribution in [0.5, 0.6) is 0 Å². The molecule has 1 aromatic heterocycles. The molecule has 0 radical (unpaired) electrons. The number of hydrogen-bond acceptors (Lipinski definition) is 4. The van der Waals surface area contributed by atoms with Crippen LogP contribution in [0.15, 0.2) is 18.2 Å². The maximum atomic E-state index is 12.2. The fraction of sp³-hybridized carbons (Fsp3) is 0.500. The maximum Gasteiger partial charge on any atom is 0.340 e. The van der Waals surface area contributed by atoms with Crippen LogP contribution in [0.25, 0.3) is 10.9 Å². The van der Waals surface area contributed by atoms with Crippen LogP contribution in [-0.4, -0.2) is 42.2 Å². The van der Waals surface area contributed by atoms with E-state index in [0.29, 0.717) is 12.1 Å². The van der Waals surface area contributed by atoms with Crippen LogP contribution in [0.2, 0.25) is 0 Å². The number of rotatable bonds is 5. The minimum Gasteiger partial charge on any atom is -0.465 e. The average molecular weight is 315 g/mol. The highest BCUT2D eigenvalue weighted by atomic mass is 16.5. The molecule has 2 N–H and O–H groups in total. The molecule has 0 atom stereocenters. The number of aryl methyl sites for hydroxylation is 1. The van der Waals surface area contributed by atoms with Gasteiger partial charge in [-0.05, 0) is 31.1 Å². The van der Waals surface area contributed by atoms with Gasteiger partial charge in [0.05, 0.1) is 18.2 Å². The minimum absolute atomic E-state index is 0.271. The Morgan fingerprint density at radius 3 is 2.91 bits per heavy atom. The number of ether oxygens (including phenoxy) is 1. The third kappa shape index (κ3) is 2.75. The van der Waals surface area contributed by atoms with Crippen molar-refractivity contribution in [1.29, 1.82) is 0 Å². The molecule has 0 amide bonds. The summed E-state index contributed by atoms with van der Waals surface area (Å²) in [6.07, 6.45) is 1.92. The maximum absolute atomic E-state index is 12.2. The molecule has 0 unspecified atom stereocenters. The van der Waals surface area contributed by atoms with E-state index in [1.54, 1.807) is 0 Å². The van der Waals surface area contributed by atoms with Gasteiger partial charge in [-0.25, -0.2) is 4.79 Å². The summed E-state index contributed by atoms with van der Waals surface area (Å²) < 4.78 is 7.29. The van der Waals surface area contributed by atoms with Gasteiger partial charge in [-0.1, -0.05) is 19.1 Å². The molecule has 0 spiro atoms. The Morgan fingerprint density at radius 2 is 2.22 bits per heavy atom. The Labute approximate surface area is 137 Å². The summed E-state index contributed by atoms with van der Waals surface area (Å²) in [6.45, 7) is 6.75. The fourth-order valence-electron chi connectivity index (χ4n) is 3.60. The van der Waals surface area contributed by atoms with Gasteiger partial charge in [-0.2, -0.15) is 0 Å². The van der Waals surface area contributed by atoms with Crippen LogP contribution in [0.1, 0.15) is 35.0 Å². The van der Waals surface area contributed by atoms with Crippen LogP contribution in [0, 0.1) is 0 Å². The van der Waals surface area contributed by atoms with Crippen LogP contribution in [0.4, 0.5) is 0 Å². The molecule has 0 bridgehead atoms. The normalized spacial score (nSPS) is 14.9. The molecule has 5 nitrogen and oxygen atoms in total. The molecule has 0 aliphatic carbocycles. The molecule has 5 heteroatoms. The zero-order chi connectivity index (χ0) is 16.4. The number of likely N-dealkylation sites (N-methyl/N-ethyl adjacent to an activating group) is 1. The summed E-state index contributed by atoms with van der Waals surface area (Å²) in [7, 11) is 1.44. The highest BCUT2D eigenvalue weighted by molar-refractivity contribution is 6.04. The summed E-state index contributed by atoms with van der Waals surface area (Å²) in [6, 6.07) is 5.93. The number of carbonyl (C=O) groups excluding carboxylic acids is 1. The third-order valence-corrected chi connectivity index (χ3v) is 4.79. The van der Waals surface area contributed by atoms with Crippen molar-refractivity contribution in [1.82, 2.24) is 9.47 Å². The lowest BCUT2D eigenvalue weighted by molar-refractivity contribution is 0.0602. The summed E-state index contributed by atoms with van der Waals surface area (Å²) in [5.41, 5.74) is 10.1. The zero-order valence-electron chi connectivity index (χ0n) is 14.0. The monoisotopic (exact) mass is 315 g/mol. The van der Waals surface area contributed by atoms with E-state index in [0.717, 1.165) is 44.5 Å². The van der Waals surface area contributed by atoms with Gasteiger partial charge >= 0.3 is 5.97 Å². The van der Waals surface area contributed by atoms with Crippen molar-refractivity contribution in [2.45, 2.75) is 32.9 Å². The van der Waals surface area contributed by atoms with Crippen LogP contribution in [0.3, 0.4) is 0 Å². The first-order valence-corrected chi connectivity index (χ1v) is 8.35. The van der Waals surface area contributed by atoms with E-state index in [4.69, 9.17) is 10.5 Å². The van der Waals surface area contributed by atoms with Crippen molar-refractivity contribution < 1.29 is 9.53 Å². The van der Waals surface area contributed by atoms with E-state index in [2.05, 4.69) is 22.5 Å². The molecule has 2 heterocycles. The Bertz CT molecular complexity index is 721. The Hall–Kier alpha value is -1.85. The number of para-hydroxylation sites is 1. The molecule has 0 fully saturated rings. The van der Waals surface area contributed by atoms with Crippen LogP contribution >= 0.6 is 0 Å². The number of carbonyl (C=O) groups is 1. The van der Waals surface area contributed by atoms with Crippen LogP contribution in [-0.2, 0) is 24.2 Å². The number of benzene rings is 1. The fourth-order valence-corrected chi connectivity index (χ4v) is 3.60. The summed E-state index contributed by atoms with van der Waals surface area (Å²) in [5.74, 6) is -0.271. The molecular formula is C18H25N3O2. The lowest BCUT2D eigenvalue weighted by atomic mass is 10.0. The smallest absolute Gasteiger partial charge is 0.340 e. The summed E-state index contributed by atoms with van der Waals surface area (Å²) in [5, 5.41) is 1.18. The number of nitrogens with two attached hydrogens (primary N) is 1.